The molecule has 1 amide bonds. The van der Waals surface area contributed by atoms with Crippen LogP contribution in [0.2, 0.25) is 0 Å². The Morgan fingerprint density at radius 3 is 2.61 bits per heavy atom. The number of halogens is 3. The van der Waals surface area contributed by atoms with Crippen LogP contribution in [0.3, 0.4) is 0 Å². The maximum absolute atomic E-state index is 12.9. The summed E-state index contributed by atoms with van der Waals surface area (Å²) >= 11 is 1.55. The molecule has 0 aromatic heterocycles. The zero-order chi connectivity index (χ0) is 16.4. The third kappa shape index (κ3) is 3.67. The molecule has 1 aromatic rings. The highest BCUT2D eigenvalue weighted by atomic mass is 32.2. The predicted molar refractivity (Wildman–Crippen MR) is 84.9 cm³/mol. The molecule has 0 radical (unpaired) electrons. The van der Waals surface area contributed by atoms with Crippen molar-refractivity contribution in [2.45, 2.75) is 43.7 Å². The van der Waals surface area contributed by atoms with Crippen LogP contribution in [0.5, 0.6) is 0 Å². The smallest absolute Gasteiger partial charge is 0.325 e. The molecule has 1 atom stereocenters. The first-order chi connectivity index (χ1) is 11.0. The highest BCUT2D eigenvalue weighted by Crippen LogP contribution is 2.41. The summed E-state index contributed by atoms with van der Waals surface area (Å²) in [5, 5.41) is -0.285. The van der Waals surface area contributed by atoms with Crippen LogP contribution in [0.1, 0.15) is 48.6 Å². The Kier molecular flexibility index (Phi) is 4.90. The van der Waals surface area contributed by atoms with Crippen molar-refractivity contribution in [3.8, 4) is 0 Å². The molecule has 1 aliphatic heterocycles. The molecule has 1 unspecified atom stereocenters. The van der Waals surface area contributed by atoms with Gasteiger partial charge in [0.05, 0.1) is 5.56 Å². The lowest BCUT2D eigenvalue weighted by atomic mass is 9.88. The topological polar surface area (TPSA) is 20.3 Å². The molecule has 3 rings (SSSR count). The van der Waals surface area contributed by atoms with E-state index >= 15 is 0 Å². The van der Waals surface area contributed by atoms with Gasteiger partial charge in [-0.2, -0.15) is 13.2 Å². The third-order valence-corrected chi connectivity index (χ3v) is 5.89. The quantitative estimate of drug-likeness (QED) is 0.764. The van der Waals surface area contributed by atoms with Crippen molar-refractivity contribution < 1.29 is 18.0 Å². The van der Waals surface area contributed by atoms with E-state index in [1.807, 2.05) is 0 Å². The third-order valence-electron chi connectivity index (χ3n) is 4.63. The number of amides is 1. The molecule has 23 heavy (non-hydrogen) atoms. The number of carbonyl (C=O) groups is 1. The van der Waals surface area contributed by atoms with Crippen LogP contribution in [0.4, 0.5) is 13.2 Å². The molecule has 0 spiro atoms. The van der Waals surface area contributed by atoms with Crippen molar-refractivity contribution in [3.63, 3.8) is 0 Å². The molecule has 1 aromatic carbocycles. The molecule has 6 heteroatoms. The van der Waals surface area contributed by atoms with E-state index in [-0.39, 0.29) is 17.2 Å². The second-order valence-electron chi connectivity index (χ2n) is 6.21. The van der Waals surface area contributed by atoms with E-state index < -0.39 is 11.7 Å². The maximum Gasteiger partial charge on any atom is 0.416 e. The Hall–Kier alpha value is -1.17. The molecule has 2 aliphatic rings. The summed E-state index contributed by atoms with van der Waals surface area (Å²) in [7, 11) is 0. The molecule has 1 saturated carbocycles. The van der Waals surface area contributed by atoms with Crippen molar-refractivity contribution in [2.75, 3.05) is 12.3 Å². The number of thioether (sulfide) groups is 1. The van der Waals surface area contributed by atoms with Crippen molar-refractivity contribution in [1.82, 2.24) is 4.90 Å². The van der Waals surface area contributed by atoms with Gasteiger partial charge in [0.25, 0.3) is 0 Å². The molecule has 2 nitrogen and oxygen atoms in total. The van der Waals surface area contributed by atoms with Gasteiger partial charge in [0, 0.05) is 18.2 Å². The first-order valence-corrected chi connectivity index (χ1v) is 9.11. The van der Waals surface area contributed by atoms with Gasteiger partial charge in [0.15, 0.2) is 0 Å². The van der Waals surface area contributed by atoms with E-state index in [1.165, 1.54) is 18.6 Å². The first kappa shape index (κ1) is 16.7. The van der Waals surface area contributed by atoms with Crippen LogP contribution in [-0.2, 0) is 11.0 Å². The zero-order valence-corrected chi connectivity index (χ0v) is 13.6. The molecule has 1 saturated heterocycles. The van der Waals surface area contributed by atoms with Gasteiger partial charge in [0.1, 0.15) is 5.37 Å². The van der Waals surface area contributed by atoms with Crippen molar-refractivity contribution in [1.29, 1.82) is 0 Å². The SMILES string of the molecule is O=C(C1CCCCC1)N1CCSC1c1cccc(C(F)(F)F)c1. The molecule has 126 valence electrons. The number of hydrogen-bond acceptors (Lipinski definition) is 2. The van der Waals surface area contributed by atoms with E-state index in [0.29, 0.717) is 12.1 Å². The Morgan fingerprint density at radius 2 is 1.91 bits per heavy atom. The lowest BCUT2D eigenvalue weighted by molar-refractivity contribution is -0.137. The minimum Gasteiger partial charge on any atom is -0.325 e. The average Bonchev–Trinajstić information content (AvgIpc) is 3.04. The van der Waals surface area contributed by atoms with Gasteiger partial charge in [-0.3, -0.25) is 4.79 Å². The molecule has 2 fully saturated rings. The van der Waals surface area contributed by atoms with Gasteiger partial charge in [0.2, 0.25) is 5.91 Å². The summed E-state index contributed by atoms with van der Waals surface area (Å²) in [5.74, 6) is 0.951. The normalized spacial score (nSPS) is 23.3. The molecule has 1 aliphatic carbocycles. The highest BCUT2D eigenvalue weighted by molar-refractivity contribution is 7.99. The fraction of sp³-hybridized carbons (Fsp3) is 0.588. The van der Waals surface area contributed by atoms with Crippen molar-refractivity contribution >= 4 is 17.7 Å². The maximum atomic E-state index is 12.9. The number of alkyl halides is 3. The predicted octanol–water partition coefficient (Wildman–Crippen LogP) is 4.86. The van der Waals surface area contributed by atoms with Gasteiger partial charge < -0.3 is 4.90 Å². The molecular weight excluding hydrogens is 323 g/mol. The lowest BCUT2D eigenvalue weighted by Gasteiger charge is -2.30. The van der Waals surface area contributed by atoms with Crippen LogP contribution >= 0.6 is 11.8 Å². The van der Waals surface area contributed by atoms with Crippen molar-refractivity contribution in [3.05, 3.63) is 35.4 Å². The summed E-state index contributed by atoms with van der Waals surface area (Å²) in [6.45, 7) is 0.626. The fourth-order valence-corrected chi connectivity index (χ4v) is 4.68. The Balaban J connectivity index is 1.80. The van der Waals surface area contributed by atoms with Crippen LogP contribution < -0.4 is 0 Å². The Labute approximate surface area is 138 Å². The minimum atomic E-state index is -4.35. The van der Waals surface area contributed by atoms with Gasteiger partial charge in [-0.25, -0.2) is 0 Å². The zero-order valence-electron chi connectivity index (χ0n) is 12.8. The van der Waals surface area contributed by atoms with Crippen LogP contribution in [0, 0.1) is 5.92 Å². The monoisotopic (exact) mass is 343 g/mol. The average molecular weight is 343 g/mol. The van der Waals surface area contributed by atoms with E-state index in [0.717, 1.165) is 37.5 Å². The second kappa shape index (κ2) is 6.75. The molecular formula is C17H20F3NOS. The fourth-order valence-electron chi connectivity index (χ4n) is 3.42. The number of rotatable bonds is 2. The summed E-state index contributed by atoms with van der Waals surface area (Å²) in [6.07, 6.45) is 0.801. The first-order valence-electron chi connectivity index (χ1n) is 8.06. The van der Waals surface area contributed by atoms with Crippen LogP contribution in [-0.4, -0.2) is 23.1 Å². The van der Waals surface area contributed by atoms with E-state index in [2.05, 4.69) is 0 Å². The van der Waals surface area contributed by atoms with Crippen LogP contribution in [0.15, 0.2) is 24.3 Å². The summed E-state index contributed by atoms with van der Waals surface area (Å²) in [6, 6.07) is 5.39. The van der Waals surface area contributed by atoms with Gasteiger partial charge in [-0.05, 0) is 30.5 Å². The summed E-state index contributed by atoms with van der Waals surface area (Å²) in [5.41, 5.74) is -0.0703. The van der Waals surface area contributed by atoms with Crippen molar-refractivity contribution in [2.24, 2.45) is 5.92 Å². The van der Waals surface area contributed by atoms with Gasteiger partial charge in [-0.1, -0.05) is 31.4 Å². The number of benzene rings is 1. The van der Waals surface area contributed by atoms with Crippen LogP contribution in [0.25, 0.3) is 0 Å². The number of nitrogens with zero attached hydrogens (tertiary/aromatic N) is 1. The van der Waals surface area contributed by atoms with E-state index in [1.54, 1.807) is 22.7 Å². The lowest BCUT2D eigenvalue weighted by Crippen LogP contribution is -2.36. The molecule has 0 N–H and O–H groups in total. The standard InChI is InChI=1S/C17H20F3NOS/c18-17(19,20)14-8-4-7-13(11-14)16-21(9-10-23-16)15(22)12-5-2-1-3-6-12/h4,7-8,11-12,16H,1-3,5-6,9-10H2. The molecule has 0 bridgehead atoms. The minimum absolute atomic E-state index is 0.0516. The number of hydrogen-bond donors (Lipinski definition) is 0. The Bertz CT molecular complexity index is 569. The van der Waals surface area contributed by atoms with Gasteiger partial charge in [-0.15, -0.1) is 11.8 Å². The largest absolute Gasteiger partial charge is 0.416 e. The molecule has 1 heterocycles. The Morgan fingerprint density at radius 1 is 1.17 bits per heavy atom. The van der Waals surface area contributed by atoms with E-state index in [4.69, 9.17) is 0 Å². The van der Waals surface area contributed by atoms with E-state index in [9.17, 15) is 18.0 Å². The number of carbonyl (C=O) groups excluding carboxylic acids is 1. The van der Waals surface area contributed by atoms with Gasteiger partial charge >= 0.3 is 6.18 Å². The summed E-state index contributed by atoms with van der Waals surface area (Å²) < 4.78 is 38.7. The summed E-state index contributed by atoms with van der Waals surface area (Å²) in [4.78, 5) is 14.5. The second-order valence-corrected chi connectivity index (χ2v) is 7.40. The highest BCUT2D eigenvalue weighted by Gasteiger charge is 2.36.